The number of fused-ring (bicyclic) bond motifs is 6. The molecule has 0 spiro atoms. The third kappa shape index (κ3) is 3.96. The summed E-state index contributed by atoms with van der Waals surface area (Å²) < 4.78 is 4.68. The zero-order valence-electron chi connectivity index (χ0n) is 23.7. The Balaban J connectivity index is 1.27. The van der Waals surface area contributed by atoms with Crippen LogP contribution in [0.4, 0.5) is 0 Å². The van der Waals surface area contributed by atoms with Crippen LogP contribution < -0.4 is 0 Å². The standard InChI is InChI=1S/C40H25N3S/c1-3-11-26(12-4-1)27-19-21-28(22-20-27)40-41-37(39-38(42-40)32-16-8-10-18-36(32)44-39)29-23-24-35-33(25-29)31-15-7-9-17-34(31)43(35)30-13-5-2-6-14-30/h1-25H. The quantitative estimate of drug-likeness (QED) is 0.208. The molecule has 0 radical (unpaired) electrons. The predicted octanol–water partition coefficient (Wildman–Crippen LogP) is 10.9. The van der Waals surface area contributed by atoms with E-state index in [0.29, 0.717) is 0 Å². The lowest BCUT2D eigenvalue weighted by Crippen LogP contribution is -1.95. The molecule has 3 aromatic heterocycles. The van der Waals surface area contributed by atoms with Gasteiger partial charge in [-0.15, -0.1) is 11.3 Å². The highest BCUT2D eigenvalue weighted by atomic mass is 32.1. The van der Waals surface area contributed by atoms with Gasteiger partial charge in [0.2, 0.25) is 0 Å². The van der Waals surface area contributed by atoms with Crippen LogP contribution in [-0.4, -0.2) is 14.5 Å². The molecule has 0 amide bonds. The number of hydrogen-bond acceptors (Lipinski definition) is 3. The molecule has 4 heteroatoms. The summed E-state index contributed by atoms with van der Waals surface area (Å²) in [5, 5.41) is 3.61. The summed E-state index contributed by atoms with van der Waals surface area (Å²) in [6.07, 6.45) is 0. The van der Waals surface area contributed by atoms with Crippen molar-refractivity contribution in [1.82, 2.24) is 14.5 Å². The molecule has 206 valence electrons. The Hall–Kier alpha value is -5.58. The molecule has 9 aromatic rings. The molecule has 0 aliphatic rings. The Morgan fingerprint density at radius 2 is 1.07 bits per heavy atom. The maximum Gasteiger partial charge on any atom is 0.160 e. The molecule has 3 nitrogen and oxygen atoms in total. The van der Waals surface area contributed by atoms with Crippen molar-refractivity contribution in [3.05, 3.63) is 152 Å². The van der Waals surface area contributed by atoms with E-state index in [0.717, 1.165) is 38.5 Å². The minimum atomic E-state index is 0.738. The van der Waals surface area contributed by atoms with Gasteiger partial charge >= 0.3 is 0 Å². The van der Waals surface area contributed by atoms with E-state index in [2.05, 4.69) is 150 Å². The van der Waals surface area contributed by atoms with E-state index in [9.17, 15) is 0 Å². The molecule has 0 aliphatic heterocycles. The molecule has 0 saturated heterocycles. The lowest BCUT2D eigenvalue weighted by molar-refractivity contribution is 1.18. The van der Waals surface area contributed by atoms with Crippen molar-refractivity contribution in [2.45, 2.75) is 0 Å². The zero-order valence-corrected chi connectivity index (χ0v) is 24.5. The Bertz CT molecular complexity index is 2470. The molecular weight excluding hydrogens is 555 g/mol. The van der Waals surface area contributed by atoms with Gasteiger partial charge < -0.3 is 4.57 Å². The second kappa shape index (κ2) is 10.0. The molecular formula is C40H25N3S. The Labute approximate surface area is 258 Å². The highest BCUT2D eigenvalue weighted by molar-refractivity contribution is 7.26. The molecule has 3 heterocycles. The van der Waals surface area contributed by atoms with Gasteiger partial charge in [0.1, 0.15) is 0 Å². The third-order valence-corrected chi connectivity index (χ3v) is 9.60. The van der Waals surface area contributed by atoms with Crippen LogP contribution in [0.25, 0.3) is 81.6 Å². The zero-order chi connectivity index (χ0) is 29.0. The molecule has 0 N–H and O–H groups in total. The van der Waals surface area contributed by atoms with Gasteiger partial charge in [0.15, 0.2) is 5.82 Å². The lowest BCUT2D eigenvalue weighted by Gasteiger charge is -2.10. The van der Waals surface area contributed by atoms with Crippen LogP contribution in [0.3, 0.4) is 0 Å². The fraction of sp³-hybridized carbons (Fsp3) is 0. The van der Waals surface area contributed by atoms with Crippen LogP contribution in [0.15, 0.2) is 152 Å². The van der Waals surface area contributed by atoms with Crippen LogP contribution in [0.2, 0.25) is 0 Å². The van der Waals surface area contributed by atoms with Gasteiger partial charge in [0, 0.05) is 37.7 Å². The Morgan fingerprint density at radius 1 is 0.455 bits per heavy atom. The third-order valence-electron chi connectivity index (χ3n) is 8.43. The van der Waals surface area contributed by atoms with E-state index in [4.69, 9.17) is 9.97 Å². The highest BCUT2D eigenvalue weighted by Gasteiger charge is 2.19. The van der Waals surface area contributed by atoms with Crippen LogP contribution in [0, 0.1) is 0 Å². The van der Waals surface area contributed by atoms with Crippen molar-refractivity contribution in [1.29, 1.82) is 0 Å². The second-order valence-electron chi connectivity index (χ2n) is 11.0. The average molecular weight is 580 g/mol. The Kier molecular flexibility index (Phi) is 5.68. The van der Waals surface area contributed by atoms with Gasteiger partial charge in [-0.05, 0) is 47.5 Å². The number of nitrogens with zero attached hydrogens (tertiary/aromatic N) is 3. The van der Waals surface area contributed by atoms with Crippen LogP contribution in [0.5, 0.6) is 0 Å². The number of rotatable bonds is 4. The maximum absolute atomic E-state index is 5.28. The molecule has 0 aliphatic carbocycles. The summed E-state index contributed by atoms with van der Waals surface area (Å²) in [5.41, 5.74) is 9.97. The minimum Gasteiger partial charge on any atom is -0.309 e. The first-order valence-electron chi connectivity index (χ1n) is 14.8. The largest absolute Gasteiger partial charge is 0.309 e. The summed E-state index contributed by atoms with van der Waals surface area (Å²) in [7, 11) is 0. The van der Waals surface area contributed by atoms with Crippen molar-refractivity contribution >= 4 is 53.4 Å². The predicted molar refractivity (Wildman–Crippen MR) is 186 cm³/mol. The molecule has 0 saturated carbocycles. The fourth-order valence-corrected chi connectivity index (χ4v) is 7.49. The van der Waals surface area contributed by atoms with E-state index in [1.54, 1.807) is 11.3 Å². The van der Waals surface area contributed by atoms with Gasteiger partial charge in [0.05, 0.1) is 26.9 Å². The summed E-state index contributed by atoms with van der Waals surface area (Å²) in [6.45, 7) is 0. The topological polar surface area (TPSA) is 30.7 Å². The summed E-state index contributed by atoms with van der Waals surface area (Å²) in [6, 6.07) is 53.6. The maximum atomic E-state index is 5.28. The normalized spacial score (nSPS) is 11.6. The molecule has 9 rings (SSSR count). The minimum absolute atomic E-state index is 0.738. The molecule has 0 unspecified atom stereocenters. The molecule has 44 heavy (non-hydrogen) atoms. The van der Waals surface area contributed by atoms with E-state index >= 15 is 0 Å². The van der Waals surface area contributed by atoms with E-state index < -0.39 is 0 Å². The van der Waals surface area contributed by atoms with Gasteiger partial charge in [0.25, 0.3) is 0 Å². The van der Waals surface area contributed by atoms with E-state index in [1.165, 1.54) is 43.0 Å². The first-order valence-corrected chi connectivity index (χ1v) is 15.6. The number of thiophene rings is 1. The second-order valence-corrected chi connectivity index (χ2v) is 12.1. The Morgan fingerprint density at radius 3 is 1.89 bits per heavy atom. The van der Waals surface area contributed by atoms with Gasteiger partial charge in [-0.3, -0.25) is 0 Å². The van der Waals surface area contributed by atoms with E-state index in [1.807, 2.05) is 6.07 Å². The molecule has 0 bridgehead atoms. The monoisotopic (exact) mass is 579 g/mol. The summed E-state index contributed by atoms with van der Waals surface area (Å²) >= 11 is 1.77. The smallest absolute Gasteiger partial charge is 0.160 e. The van der Waals surface area contributed by atoms with Gasteiger partial charge in [-0.25, -0.2) is 9.97 Å². The van der Waals surface area contributed by atoms with Crippen LogP contribution in [-0.2, 0) is 0 Å². The molecule has 6 aromatic carbocycles. The molecule has 0 fully saturated rings. The lowest BCUT2D eigenvalue weighted by atomic mass is 10.0. The average Bonchev–Trinajstić information content (AvgIpc) is 3.64. The SMILES string of the molecule is c1ccc(-c2ccc(-c3nc(-c4ccc5c(c4)c4ccccc4n5-c4ccccc4)c4sc5ccccc5c4n3)cc2)cc1. The number of aromatic nitrogens is 3. The summed E-state index contributed by atoms with van der Waals surface area (Å²) in [5.74, 6) is 0.738. The van der Waals surface area contributed by atoms with E-state index in [-0.39, 0.29) is 0 Å². The highest BCUT2D eigenvalue weighted by Crippen LogP contribution is 2.41. The van der Waals surface area contributed by atoms with Crippen molar-refractivity contribution in [3.63, 3.8) is 0 Å². The number of hydrogen-bond donors (Lipinski definition) is 0. The van der Waals surface area contributed by atoms with Crippen molar-refractivity contribution in [2.24, 2.45) is 0 Å². The van der Waals surface area contributed by atoms with Gasteiger partial charge in [-0.2, -0.15) is 0 Å². The first kappa shape index (κ1) is 25.0. The summed E-state index contributed by atoms with van der Waals surface area (Å²) in [4.78, 5) is 10.5. The van der Waals surface area contributed by atoms with Crippen molar-refractivity contribution in [3.8, 4) is 39.5 Å². The van der Waals surface area contributed by atoms with Gasteiger partial charge in [-0.1, -0.05) is 115 Å². The fourth-order valence-electron chi connectivity index (χ4n) is 6.33. The van der Waals surface area contributed by atoms with Crippen LogP contribution in [0.1, 0.15) is 0 Å². The van der Waals surface area contributed by atoms with Crippen LogP contribution >= 0.6 is 11.3 Å². The first-order chi connectivity index (χ1) is 21.8. The number of benzene rings is 6. The molecule has 0 atom stereocenters. The number of para-hydroxylation sites is 2. The van der Waals surface area contributed by atoms with Crippen molar-refractivity contribution < 1.29 is 0 Å². The van der Waals surface area contributed by atoms with Crippen molar-refractivity contribution in [2.75, 3.05) is 0 Å².